The van der Waals surface area contributed by atoms with Crippen LogP contribution in [0.4, 0.5) is 5.69 Å². The normalized spacial score (nSPS) is 23.8. The van der Waals surface area contributed by atoms with Crippen LogP contribution in [0.5, 0.6) is 0 Å². The van der Waals surface area contributed by atoms with Crippen LogP contribution >= 0.6 is 11.3 Å². The lowest BCUT2D eigenvalue weighted by Crippen LogP contribution is -2.48. The number of benzene rings is 1. The van der Waals surface area contributed by atoms with E-state index < -0.39 is 0 Å². The van der Waals surface area contributed by atoms with E-state index in [1.165, 1.54) is 16.0 Å². The lowest BCUT2D eigenvalue weighted by molar-refractivity contribution is -0.120. The summed E-state index contributed by atoms with van der Waals surface area (Å²) in [6.45, 7) is 0.631. The number of anilines is 1. The summed E-state index contributed by atoms with van der Waals surface area (Å²) in [7, 11) is 0. The SMILES string of the molecule is NC1Cc2ccccc2N(C(=O)C2CCCc3sccc32)C1. The number of carbonyl (C=O) groups excluding carboxylic acids is 1. The van der Waals surface area contributed by atoms with Crippen molar-refractivity contribution in [2.24, 2.45) is 5.73 Å². The van der Waals surface area contributed by atoms with Crippen molar-refractivity contribution >= 4 is 22.9 Å². The quantitative estimate of drug-likeness (QED) is 0.879. The fraction of sp³-hybridized carbons (Fsp3) is 0.389. The Morgan fingerprint density at radius 3 is 3.05 bits per heavy atom. The molecule has 0 fully saturated rings. The Bertz CT molecular complexity index is 709. The maximum Gasteiger partial charge on any atom is 0.234 e. The summed E-state index contributed by atoms with van der Waals surface area (Å²) in [5, 5.41) is 2.12. The Labute approximate surface area is 134 Å². The molecule has 0 bridgehead atoms. The van der Waals surface area contributed by atoms with Gasteiger partial charge in [-0.15, -0.1) is 11.3 Å². The van der Waals surface area contributed by atoms with Crippen molar-refractivity contribution in [3.8, 4) is 0 Å². The third-order valence-corrected chi connectivity index (χ3v) is 5.79. The van der Waals surface area contributed by atoms with Crippen LogP contribution in [0.25, 0.3) is 0 Å². The van der Waals surface area contributed by atoms with Crippen molar-refractivity contribution in [1.29, 1.82) is 0 Å². The number of rotatable bonds is 1. The van der Waals surface area contributed by atoms with Crippen LogP contribution in [0.1, 0.15) is 34.8 Å². The van der Waals surface area contributed by atoms with E-state index in [0.717, 1.165) is 31.4 Å². The number of para-hydroxylation sites is 1. The van der Waals surface area contributed by atoms with E-state index in [0.29, 0.717) is 6.54 Å². The minimum atomic E-state index is 0.00774. The Morgan fingerprint density at radius 2 is 2.14 bits per heavy atom. The first-order valence-corrected chi connectivity index (χ1v) is 8.83. The molecule has 3 nitrogen and oxygen atoms in total. The van der Waals surface area contributed by atoms with E-state index in [-0.39, 0.29) is 17.9 Å². The summed E-state index contributed by atoms with van der Waals surface area (Å²) < 4.78 is 0. The predicted octanol–water partition coefficient (Wildman–Crippen LogP) is 3.08. The standard InChI is InChI=1S/C18H20N2OS/c19-13-10-12-4-1-2-6-16(12)20(11-13)18(21)15-5-3-7-17-14(15)8-9-22-17/h1-2,4,6,8-9,13,15H,3,5,7,10-11,19H2. The number of fused-ring (bicyclic) bond motifs is 2. The molecular formula is C18H20N2OS. The Balaban J connectivity index is 1.70. The van der Waals surface area contributed by atoms with Gasteiger partial charge in [0.15, 0.2) is 0 Å². The van der Waals surface area contributed by atoms with Gasteiger partial charge in [-0.25, -0.2) is 0 Å². The molecule has 1 amide bonds. The molecule has 2 aromatic rings. The molecule has 114 valence electrons. The monoisotopic (exact) mass is 312 g/mol. The molecule has 2 N–H and O–H groups in total. The number of amides is 1. The average molecular weight is 312 g/mol. The fourth-order valence-corrected chi connectivity index (χ4v) is 4.75. The van der Waals surface area contributed by atoms with Crippen LogP contribution in [0.2, 0.25) is 0 Å². The van der Waals surface area contributed by atoms with Gasteiger partial charge in [0.25, 0.3) is 0 Å². The van der Waals surface area contributed by atoms with E-state index >= 15 is 0 Å². The maximum atomic E-state index is 13.2. The first-order chi connectivity index (χ1) is 10.7. The minimum absolute atomic E-state index is 0.00774. The lowest BCUT2D eigenvalue weighted by atomic mass is 9.85. The molecule has 0 radical (unpaired) electrons. The molecule has 0 spiro atoms. The van der Waals surface area contributed by atoms with Crippen molar-refractivity contribution in [3.63, 3.8) is 0 Å². The van der Waals surface area contributed by atoms with E-state index in [1.807, 2.05) is 17.0 Å². The summed E-state index contributed by atoms with van der Waals surface area (Å²) in [4.78, 5) is 16.5. The third-order valence-electron chi connectivity index (χ3n) is 4.80. The van der Waals surface area contributed by atoms with Gasteiger partial charge in [0.2, 0.25) is 5.91 Å². The van der Waals surface area contributed by atoms with Crippen LogP contribution in [-0.4, -0.2) is 18.5 Å². The van der Waals surface area contributed by atoms with Crippen molar-refractivity contribution in [2.75, 3.05) is 11.4 Å². The highest BCUT2D eigenvalue weighted by Crippen LogP contribution is 2.38. The number of hydrogen-bond donors (Lipinski definition) is 1. The highest BCUT2D eigenvalue weighted by Gasteiger charge is 2.34. The molecule has 0 saturated heterocycles. The summed E-state index contributed by atoms with van der Waals surface area (Å²) in [6.07, 6.45) is 4.03. The number of carbonyl (C=O) groups is 1. The van der Waals surface area contributed by atoms with Gasteiger partial charge in [-0.3, -0.25) is 4.79 Å². The molecule has 2 unspecified atom stereocenters. The highest BCUT2D eigenvalue weighted by atomic mass is 32.1. The number of thiophene rings is 1. The second-order valence-corrected chi connectivity index (χ2v) is 7.29. The zero-order chi connectivity index (χ0) is 15.1. The smallest absolute Gasteiger partial charge is 0.234 e. The largest absolute Gasteiger partial charge is 0.326 e. The molecule has 22 heavy (non-hydrogen) atoms. The molecule has 0 saturated carbocycles. The predicted molar refractivity (Wildman–Crippen MR) is 90.5 cm³/mol. The van der Waals surface area contributed by atoms with Gasteiger partial charge in [0.1, 0.15) is 0 Å². The molecule has 1 aromatic carbocycles. The molecule has 1 aliphatic carbocycles. The maximum absolute atomic E-state index is 13.2. The first-order valence-electron chi connectivity index (χ1n) is 7.95. The van der Waals surface area contributed by atoms with Crippen LogP contribution in [-0.2, 0) is 17.6 Å². The van der Waals surface area contributed by atoms with Crippen LogP contribution in [0, 0.1) is 0 Å². The first kappa shape index (κ1) is 14.0. The number of aryl methyl sites for hydroxylation is 1. The summed E-state index contributed by atoms with van der Waals surface area (Å²) in [5.41, 5.74) is 9.68. The van der Waals surface area contributed by atoms with E-state index in [2.05, 4.69) is 23.6 Å². The minimum Gasteiger partial charge on any atom is -0.326 e. The topological polar surface area (TPSA) is 46.3 Å². The highest BCUT2D eigenvalue weighted by molar-refractivity contribution is 7.10. The number of nitrogens with two attached hydrogens (primary N) is 1. The molecule has 1 aromatic heterocycles. The molecule has 2 atom stereocenters. The summed E-state index contributed by atoms with van der Waals surface area (Å²) in [6, 6.07) is 10.3. The van der Waals surface area contributed by atoms with E-state index in [4.69, 9.17) is 5.73 Å². The Kier molecular flexibility index (Phi) is 3.51. The Hall–Kier alpha value is -1.65. The van der Waals surface area contributed by atoms with Crippen LogP contribution < -0.4 is 10.6 Å². The van der Waals surface area contributed by atoms with Gasteiger partial charge >= 0.3 is 0 Å². The van der Waals surface area contributed by atoms with Crippen molar-refractivity contribution in [1.82, 2.24) is 0 Å². The summed E-state index contributed by atoms with van der Waals surface area (Å²) in [5.74, 6) is 0.232. The zero-order valence-electron chi connectivity index (χ0n) is 12.5. The second kappa shape index (κ2) is 5.52. The molecule has 2 aliphatic rings. The van der Waals surface area contributed by atoms with Gasteiger partial charge in [-0.05, 0) is 54.3 Å². The molecule has 1 aliphatic heterocycles. The van der Waals surface area contributed by atoms with Gasteiger partial charge in [-0.1, -0.05) is 18.2 Å². The third kappa shape index (κ3) is 2.27. The Morgan fingerprint density at radius 1 is 1.27 bits per heavy atom. The number of nitrogens with zero attached hydrogens (tertiary/aromatic N) is 1. The van der Waals surface area contributed by atoms with Crippen LogP contribution in [0.3, 0.4) is 0 Å². The molecule has 4 heteroatoms. The van der Waals surface area contributed by atoms with Crippen LogP contribution in [0.15, 0.2) is 35.7 Å². The second-order valence-electron chi connectivity index (χ2n) is 6.29. The van der Waals surface area contributed by atoms with Gasteiger partial charge in [0.05, 0.1) is 5.92 Å². The molecular weight excluding hydrogens is 292 g/mol. The molecule has 2 heterocycles. The van der Waals surface area contributed by atoms with Gasteiger partial charge in [-0.2, -0.15) is 0 Å². The van der Waals surface area contributed by atoms with E-state index in [1.54, 1.807) is 11.3 Å². The lowest BCUT2D eigenvalue weighted by Gasteiger charge is -2.36. The zero-order valence-corrected chi connectivity index (χ0v) is 13.3. The van der Waals surface area contributed by atoms with E-state index in [9.17, 15) is 4.79 Å². The molecule has 4 rings (SSSR count). The fourth-order valence-electron chi connectivity index (χ4n) is 3.77. The van der Waals surface area contributed by atoms with Gasteiger partial charge < -0.3 is 10.6 Å². The van der Waals surface area contributed by atoms with Crippen molar-refractivity contribution in [3.05, 3.63) is 51.7 Å². The number of hydrogen-bond acceptors (Lipinski definition) is 3. The van der Waals surface area contributed by atoms with Crippen molar-refractivity contribution in [2.45, 2.75) is 37.6 Å². The van der Waals surface area contributed by atoms with Crippen molar-refractivity contribution < 1.29 is 4.79 Å². The van der Waals surface area contributed by atoms with Gasteiger partial charge in [0, 0.05) is 23.2 Å². The summed E-state index contributed by atoms with van der Waals surface area (Å²) >= 11 is 1.78. The average Bonchev–Trinajstić information content (AvgIpc) is 3.02.